The van der Waals surface area contributed by atoms with Gasteiger partial charge in [0.1, 0.15) is 4.47 Å². The van der Waals surface area contributed by atoms with Gasteiger partial charge in [-0.2, -0.15) is 0 Å². The fraction of sp³-hybridized carbons (Fsp3) is 0. The largest absolute Gasteiger partial charge is 0.504 e. The van der Waals surface area contributed by atoms with E-state index in [2.05, 4.69) is 47.8 Å². The lowest BCUT2D eigenvalue weighted by atomic mass is 10.2. The van der Waals surface area contributed by atoms with Crippen molar-refractivity contribution >= 4 is 47.8 Å². The number of benzene rings is 2. The average molecular weight is 453 g/mol. The normalized spacial score (nSPS) is 12.2. The molecule has 0 spiro atoms. The molecule has 1 aliphatic heterocycles. The van der Waals surface area contributed by atoms with Crippen molar-refractivity contribution in [3.63, 3.8) is 0 Å². The van der Waals surface area contributed by atoms with Crippen LogP contribution in [0.2, 0.25) is 0 Å². The third kappa shape index (κ3) is 2.09. The van der Waals surface area contributed by atoms with Gasteiger partial charge in [0.15, 0.2) is 34.5 Å². The van der Waals surface area contributed by atoms with E-state index in [1.165, 1.54) is 6.07 Å². The summed E-state index contributed by atoms with van der Waals surface area (Å²) in [7, 11) is 0. The number of fused-ring (bicyclic) bond motifs is 2. The van der Waals surface area contributed by atoms with E-state index in [0.29, 0.717) is 27.5 Å². The fourth-order valence-corrected chi connectivity index (χ4v) is 3.44. The molecule has 7 heteroatoms. The predicted octanol–water partition coefficient (Wildman–Crippen LogP) is 5.28. The van der Waals surface area contributed by atoms with Gasteiger partial charge in [-0.3, -0.25) is 0 Å². The predicted molar refractivity (Wildman–Crippen MR) is 79.5 cm³/mol. The highest BCUT2D eigenvalue weighted by atomic mass is 79.9. The summed E-state index contributed by atoms with van der Waals surface area (Å²) in [6.07, 6.45) is 0. The Bertz CT molecular complexity index is 700. The molecule has 2 N–H and O–H groups in total. The van der Waals surface area contributed by atoms with E-state index >= 15 is 0 Å². The first kappa shape index (κ1) is 13.1. The van der Waals surface area contributed by atoms with E-state index in [9.17, 15) is 10.2 Å². The van der Waals surface area contributed by atoms with Crippen LogP contribution in [0, 0.1) is 0 Å². The van der Waals surface area contributed by atoms with Crippen molar-refractivity contribution in [1.82, 2.24) is 0 Å². The van der Waals surface area contributed by atoms with E-state index < -0.39 is 0 Å². The van der Waals surface area contributed by atoms with Crippen LogP contribution in [0.25, 0.3) is 0 Å². The molecule has 0 saturated carbocycles. The summed E-state index contributed by atoms with van der Waals surface area (Å²) >= 11 is 9.91. The minimum atomic E-state index is -0.293. The summed E-state index contributed by atoms with van der Waals surface area (Å²) in [5.74, 6) is 1.06. The van der Waals surface area contributed by atoms with Gasteiger partial charge in [-0.15, -0.1) is 0 Å². The summed E-state index contributed by atoms with van der Waals surface area (Å²) in [5.41, 5.74) is 0. The van der Waals surface area contributed by atoms with Crippen LogP contribution in [0.5, 0.6) is 34.5 Å². The topological polar surface area (TPSA) is 58.9 Å². The number of rotatable bonds is 0. The molecule has 0 bridgehead atoms. The zero-order valence-electron chi connectivity index (χ0n) is 9.08. The standard InChI is InChI=1S/C12H5Br3O4/c13-4-1-5(14)11-7(2-4)18-8-3-6(16)10(17)9(15)12(8)19-11/h1-3,16-17H. The van der Waals surface area contributed by atoms with Crippen LogP contribution < -0.4 is 9.47 Å². The Hall–Kier alpha value is -0.920. The Kier molecular flexibility index (Phi) is 3.15. The van der Waals surface area contributed by atoms with Gasteiger partial charge in [0.05, 0.1) is 4.47 Å². The van der Waals surface area contributed by atoms with E-state index in [1.807, 2.05) is 6.07 Å². The van der Waals surface area contributed by atoms with Gasteiger partial charge in [0, 0.05) is 10.5 Å². The highest BCUT2D eigenvalue weighted by Gasteiger charge is 2.27. The van der Waals surface area contributed by atoms with Gasteiger partial charge in [-0.1, -0.05) is 15.9 Å². The van der Waals surface area contributed by atoms with Crippen LogP contribution in [-0.4, -0.2) is 10.2 Å². The summed E-state index contributed by atoms with van der Waals surface area (Å²) in [6.45, 7) is 0. The smallest absolute Gasteiger partial charge is 0.188 e. The summed E-state index contributed by atoms with van der Waals surface area (Å²) in [4.78, 5) is 0. The molecule has 1 heterocycles. The van der Waals surface area contributed by atoms with Crippen molar-refractivity contribution in [3.8, 4) is 34.5 Å². The second-order valence-corrected chi connectivity index (χ2v) is 6.37. The maximum absolute atomic E-state index is 9.67. The number of aromatic hydroxyl groups is 2. The van der Waals surface area contributed by atoms with Gasteiger partial charge in [0.25, 0.3) is 0 Å². The monoisotopic (exact) mass is 450 g/mol. The number of phenolic OH excluding ortho intramolecular Hbond substituents is 2. The first-order valence-corrected chi connectivity index (χ1v) is 7.44. The molecule has 0 saturated heterocycles. The maximum atomic E-state index is 9.67. The number of hydrogen-bond donors (Lipinski definition) is 2. The molecule has 0 radical (unpaired) electrons. The Balaban J connectivity index is 2.20. The van der Waals surface area contributed by atoms with Crippen LogP contribution in [-0.2, 0) is 0 Å². The minimum Gasteiger partial charge on any atom is -0.504 e. The van der Waals surface area contributed by atoms with Crippen LogP contribution in [0.15, 0.2) is 31.6 Å². The Labute approximate surface area is 133 Å². The van der Waals surface area contributed by atoms with Gasteiger partial charge in [-0.05, 0) is 44.0 Å². The molecule has 0 aromatic heterocycles. The van der Waals surface area contributed by atoms with E-state index in [0.717, 1.165) is 4.47 Å². The summed E-state index contributed by atoms with van der Waals surface area (Å²) in [5, 5.41) is 19.3. The molecule has 19 heavy (non-hydrogen) atoms. The zero-order valence-corrected chi connectivity index (χ0v) is 13.8. The average Bonchev–Trinajstić information content (AvgIpc) is 2.34. The van der Waals surface area contributed by atoms with Crippen molar-refractivity contribution in [2.75, 3.05) is 0 Å². The van der Waals surface area contributed by atoms with Gasteiger partial charge >= 0.3 is 0 Å². The Morgan fingerprint density at radius 2 is 1.53 bits per heavy atom. The Morgan fingerprint density at radius 3 is 2.26 bits per heavy atom. The molecule has 0 unspecified atom stereocenters. The molecule has 3 rings (SSSR count). The van der Waals surface area contributed by atoms with E-state index in [4.69, 9.17) is 9.47 Å². The molecule has 2 aromatic rings. The molecule has 0 atom stereocenters. The van der Waals surface area contributed by atoms with Crippen molar-refractivity contribution in [1.29, 1.82) is 0 Å². The van der Waals surface area contributed by atoms with Crippen molar-refractivity contribution < 1.29 is 19.7 Å². The third-order valence-corrected chi connectivity index (χ3v) is 4.32. The van der Waals surface area contributed by atoms with Crippen molar-refractivity contribution in [3.05, 3.63) is 31.6 Å². The molecule has 98 valence electrons. The van der Waals surface area contributed by atoms with E-state index in [-0.39, 0.29) is 16.0 Å². The molecule has 0 fully saturated rings. The number of phenols is 2. The molecular weight excluding hydrogens is 448 g/mol. The van der Waals surface area contributed by atoms with Gasteiger partial charge in [-0.25, -0.2) is 0 Å². The maximum Gasteiger partial charge on any atom is 0.188 e. The first-order valence-electron chi connectivity index (χ1n) is 5.06. The van der Waals surface area contributed by atoms with Gasteiger partial charge < -0.3 is 19.7 Å². The second-order valence-electron chi connectivity index (χ2n) is 3.80. The quantitative estimate of drug-likeness (QED) is 0.455. The lowest BCUT2D eigenvalue weighted by Gasteiger charge is -2.23. The van der Waals surface area contributed by atoms with Crippen molar-refractivity contribution in [2.45, 2.75) is 0 Å². The minimum absolute atomic E-state index is 0.239. The molecule has 0 amide bonds. The highest BCUT2D eigenvalue weighted by molar-refractivity contribution is 9.11. The Morgan fingerprint density at radius 1 is 0.842 bits per heavy atom. The highest BCUT2D eigenvalue weighted by Crippen LogP contribution is 2.55. The summed E-state index contributed by atoms with van der Waals surface area (Å²) < 4.78 is 13.2. The summed E-state index contributed by atoms with van der Waals surface area (Å²) in [6, 6.07) is 4.87. The lowest BCUT2D eigenvalue weighted by Crippen LogP contribution is -2.00. The molecule has 0 aliphatic carbocycles. The lowest BCUT2D eigenvalue weighted by molar-refractivity contribution is 0.341. The SMILES string of the molecule is Oc1cc2c(c(Br)c1O)Oc1c(Br)cc(Br)cc1O2. The van der Waals surface area contributed by atoms with Crippen molar-refractivity contribution in [2.24, 2.45) is 0 Å². The molecule has 4 nitrogen and oxygen atoms in total. The van der Waals surface area contributed by atoms with Gasteiger partial charge in [0.2, 0.25) is 0 Å². The van der Waals surface area contributed by atoms with E-state index in [1.54, 1.807) is 6.07 Å². The second kappa shape index (κ2) is 4.57. The van der Waals surface area contributed by atoms with Crippen LogP contribution in [0.3, 0.4) is 0 Å². The third-order valence-electron chi connectivity index (χ3n) is 2.54. The first-order chi connectivity index (χ1) is 8.97. The zero-order chi connectivity index (χ0) is 13.7. The van der Waals surface area contributed by atoms with Crippen LogP contribution in [0.4, 0.5) is 0 Å². The molecule has 1 aliphatic rings. The number of hydrogen-bond acceptors (Lipinski definition) is 4. The fourth-order valence-electron chi connectivity index (χ4n) is 1.69. The van der Waals surface area contributed by atoms with Crippen LogP contribution in [0.1, 0.15) is 0 Å². The number of halogens is 3. The molecular formula is C12H5Br3O4. The number of ether oxygens (including phenoxy) is 2. The van der Waals surface area contributed by atoms with Crippen LogP contribution >= 0.6 is 47.8 Å². The molecule has 2 aromatic carbocycles.